The number of hydrogen-bond acceptors (Lipinski definition) is 17. The lowest BCUT2D eigenvalue weighted by Gasteiger charge is -2.49. The quantitative estimate of drug-likeness (QED) is 0.109. The van der Waals surface area contributed by atoms with E-state index >= 15 is 0 Å². The molecule has 3 aliphatic heterocycles. The van der Waals surface area contributed by atoms with Crippen molar-refractivity contribution in [3.05, 3.63) is 0 Å². The lowest BCUT2D eigenvalue weighted by Crippen LogP contribution is -2.69. The van der Waals surface area contributed by atoms with E-state index in [0.29, 0.717) is 0 Å². The molecule has 20 heteroatoms. The maximum atomic E-state index is 11.9. The van der Waals surface area contributed by atoms with Crippen molar-refractivity contribution in [2.24, 2.45) is 0 Å². The Morgan fingerprint density at radius 2 is 1.35 bits per heavy atom. The first-order valence-electron chi connectivity index (χ1n) is 12.1. The molecule has 234 valence electrons. The molecule has 15 atom stereocenters. The van der Waals surface area contributed by atoms with E-state index in [1.54, 1.807) is 0 Å². The molecule has 1 amide bonds. The molecule has 0 aliphatic carbocycles. The van der Waals surface area contributed by atoms with Gasteiger partial charge in [-0.2, -0.15) is 8.42 Å². The summed E-state index contributed by atoms with van der Waals surface area (Å²) in [5.41, 5.74) is 0. The van der Waals surface area contributed by atoms with Crippen LogP contribution in [0.1, 0.15) is 13.8 Å². The van der Waals surface area contributed by atoms with Crippen LogP contribution in [-0.2, 0) is 43.1 Å². The highest BCUT2D eigenvalue weighted by molar-refractivity contribution is 7.80. The van der Waals surface area contributed by atoms with Gasteiger partial charge in [-0.25, -0.2) is 4.18 Å². The fourth-order valence-electron chi connectivity index (χ4n) is 4.64. The van der Waals surface area contributed by atoms with Crippen LogP contribution in [0.25, 0.3) is 0 Å². The fraction of sp³-hybridized carbons (Fsp3) is 0.950. The van der Waals surface area contributed by atoms with E-state index in [9.17, 15) is 54.1 Å². The van der Waals surface area contributed by atoms with Gasteiger partial charge in [0.25, 0.3) is 0 Å². The number of carbonyl (C=O) groups is 1. The molecule has 19 nitrogen and oxygen atoms in total. The second-order valence-corrected chi connectivity index (χ2v) is 10.6. The Morgan fingerprint density at radius 3 is 1.90 bits per heavy atom. The number of amides is 1. The van der Waals surface area contributed by atoms with E-state index in [1.165, 1.54) is 6.92 Å². The zero-order valence-corrected chi connectivity index (χ0v) is 22.0. The van der Waals surface area contributed by atoms with Crippen molar-refractivity contribution in [1.29, 1.82) is 0 Å². The predicted molar refractivity (Wildman–Crippen MR) is 122 cm³/mol. The van der Waals surface area contributed by atoms with Gasteiger partial charge in [0, 0.05) is 6.92 Å². The molecule has 3 heterocycles. The first-order chi connectivity index (χ1) is 18.6. The first kappa shape index (κ1) is 33.3. The van der Waals surface area contributed by atoms with Gasteiger partial charge in [0.2, 0.25) is 5.91 Å². The zero-order valence-electron chi connectivity index (χ0n) is 21.2. The van der Waals surface area contributed by atoms with E-state index in [0.717, 1.165) is 6.92 Å². The third-order valence-corrected chi connectivity index (χ3v) is 7.13. The van der Waals surface area contributed by atoms with Crippen molar-refractivity contribution in [2.45, 2.75) is 106 Å². The average molecular weight is 610 g/mol. The Morgan fingerprint density at radius 1 is 0.775 bits per heavy atom. The normalized spacial score (nSPS) is 46.6. The number of nitrogens with one attached hydrogen (secondary N) is 1. The summed E-state index contributed by atoms with van der Waals surface area (Å²) >= 11 is 0. The molecule has 0 aromatic carbocycles. The molecule has 3 rings (SSSR count). The number of carbonyl (C=O) groups excluding carboxylic acids is 1. The molecule has 0 spiro atoms. The lowest BCUT2D eigenvalue weighted by atomic mass is 9.94. The number of ether oxygens (including phenoxy) is 5. The van der Waals surface area contributed by atoms with Crippen LogP contribution >= 0.6 is 0 Å². The van der Waals surface area contributed by atoms with Crippen LogP contribution < -0.4 is 5.32 Å². The third-order valence-electron chi connectivity index (χ3n) is 6.66. The molecule has 3 aliphatic rings. The molecule has 3 fully saturated rings. The van der Waals surface area contributed by atoms with E-state index in [2.05, 4.69) is 9.50 Å². The minimum absolute atomic E-state index is 0.713. The summed E-state index contributed by atoms with van der Waals surface area (Å²) in [6.07, 6.45) is -24.5. The van der Waals surface area contributed by atoms with Gasteiger partial charge in [0.1, 0.15) is 67.1 Å². The highest BCUT2D eigenvalue weighted by Crippen LogP contribution is 2.33. The molecular formula is C20H35NO18S. The van der Waals surface area contributed by atoms with Crippen molar-refractivity contribution in [3.63, 3.8) is 0 Å². The Balaban J connectivity index is 1.97. The summed E-state index contributed by atoms with van der Waals surface area (Å²) in [5, 5.41) is 84.0. The molecule has 0 radical (unpaired) electrons. The lowest BCUT2D eigenvalue weighted by molar-refractivity contribution is -0.369. The Labute approximate surface area is 227 Å². The van der Waals surface area contributed by atoms with Gasteiger partial charge in [0.05, 0.1) is 19.3 Å². The van der Waals surface area contributed by atoms with Crippen molar-refractivity contribution >= 4 is 16.3 Å². The summed E-state index contributed by atoms with van der Waals surface area (Å²) in [6.45, 7) is 0.591. The Hall–Kier alpha value is -1.18. The number of aliphatic hydroxyl groups is 8. The molecule has 0 bridgehead atoms. The molecule has 3 saturated heterocycles. The van der Waals surface area contributed by atoms with Crippen LogP contribution in [0.4, 0.5) is 0 Å². The number of aliphatic hydroxyl groups excluding tert-OH is 8. The standard InChI is InChI=1S/C20H35NO18S/c1-5-10(25)12(27)13(28)19(34-5)38-16-9(21-6(2)24)18(30)35-8(4-23)15(16)37-20-14(29)17(39-40(31,32)33)11(26)7(3-22)36-20/h5,7-20,22-23,25-30H,3-4H2,1-2H3,(H,21,24)(H,31,32,33)/t5-,7-,8-,9-,10+,11+,12+,13-,14-,15-,16-,17+,18?,19-,20+/m1/s1. The van der Waals surface area contributed by atoms with E-state index in [4.69, 9.17) is 28.2 Å². The molecular weight excluding hydrogens is 574 g/mol. The topological polar surface area (TPSA) is 301 Å². The third kappa shape index (κ3) is 7.42. The minimum Gasteiger partial charge on any atom is -0.394 e. The summed E-state index contributed by atoms with van der Waals surface area (Å²) in [7, 11) is -5.24. The van der Waals surface area contributed by atoms with Crippen LogP contribution in [0.15, 0.2) is 0 Å². The van der Waals surface area contributed by atoms with E-state index in [1.807, 2.05) is 0 Å². The van der Waals surface area contributed by atoms with Gasteiger partial charge >= 0.3 is 10.4 Å². The van der Waals surface area contributed by atoms with Gasteiger partial charge in [0.15, 0.2) is 18.9 Å². The molecule has 1 unspecified atom stereocenters. The summed E-state index contributed by atoms with van der Waals surface area (Å²) in [4.78, 5) is 11.9. The maximum Gasteiger partial charge on any atom is 0.397 e. The summed E-state index contributed by atoms with van der Waals surface area (Å²) in [6, 6.07) is -1.52. The van der Waals surface area contributed by atoms with Gasteiger partial charge in [-0.1, -0.05) is 0 Å². The van der Waals surface area contributed by atoms with Crippen molar-refractivity contribution in [3.8, 4) is 0 Å². The van der Waals surface area contributed by atoms with Crippen molar-refractivity contribution < 1.29 is 86.5 Å². The largest absolute Gasteiger partial charge is 0.397 e. The highest BCUT2D eigenvalue weighted by Gasteiger charge is 2.55. The molecule has 40 heavy (non-hydrogen) atoms. The first-order valence-corrected chi connectivity index (χ1v) is 13.5. The smallest absolute Gasteiger partial charge is 0.394 e. The average Bonchev–Trinajstić information content (AvgIpc) is 2.87. The minimum atomic E-state index is -5.24. The maximum absolute atomic E-state index is 11.9. The van der Waals surface area contributed by atoms with E-state index < -0.39 is 122 Å². The van der Waals surface area contributed by atoms with Gasteiger partial charge in [-0.3, -0.25) is 9.35 Å². The summed E-state index contributed by atoms with van der Waals surface area (Å²) in [5.74, 6) is -0.713. The highest BCUT2D eigenvalue weighted by atomic mass is 32.3. The van der Waals surface area contributed by atoms with Crippen LogP contribution in [0.3, 0.4) is 0 Å². The van der Waals surface area contributed by atoms with E-state index in [-0.39, 0.29) is 0 Å². The molecule has 0 saturated carbocycles. The molecule has 0 aromatic heterocycles. The van der Waals surface area contributed by atoms with Gasteiger partial charge < -0.3 is 69.9 Å². The second-order valence-electron chi connectivity index (χ2n) is 9.55. The second kappa shape index (κ2) is 13.4. The Bertz CT molecular complexity index is 956. The monoisotopic (exact) mass is 609 g/mol. The molecule has 0 aromatic rings. The fourth-order valence-corrected chi connectivity index (χ4v) is 5.15. The predicted octanol–water partition coefficient (Wildman–Crippen LogP) is -6.57. The van der Waals surface area contributed by atoms with Crippen LogP contribution in [0.2, 0.25) is 0 Å². The summed E-state index contributed by atoms with van der Waals surface area (Å²) < 4.78 is 63.6. The van der Waals surface area contributed by atoms with Crippen LogP contribution in [0, 0.1) is 0 Å². The number of rotatable bonds is 9. The van der Waals surface area contributed by atoms with Crippen LogP contribution in [-0.4, -0.2) is 165 Å². The SMILES string of the molecule is CC(=O)N[C@H]1C(O)O[C@H](CO)[C@@H](O[C@@H]2O[C@H](CO)[C@H](O)[C@H](OS(=O)(=O)O)[C@H]2O)[C@@H]1O[C@H]1O[C@H](C)[C@H](O)[C@H](O)[C@H]1O. The Kier molecular flexibility index (Phi) is 11.2. The number of hydrogen-bond donors (Lipinski definition) is 10. The van der Waals surface area contributed by atoms with Gasteiger partial charge in [-0.05, 0) is 6.92 Å². The zero-order chi connectivity index (χ0) is 30.1. The van der Waals surface area contributed by atoms with Crippen molar-refractivity contribution in [2.75, 3.05) is 13.2 Å². The molecule has 10 N–H and O–H groups in total. The van der Waals surface area contributed by atoms with Crippen molar-refractivity contribution in [1.82, 2.24) is 5.32 Å². The van der Waals surface area contributed by atoms with Gasteiger partial charge in [-0.15, -0.1) is 0 Å². The van der Waals surface area contributed by atoms with Crippen LogP contribution in [0.5, 0.6) is 0 Å².